The molecule has 1 aliphatic rings. The summed E-state index contributed by atoms with van der Waals surface area (Å²) in [4.78, 5) is 6.57. The van der Waals surface area contributed by atoms with Crippen LogP contribution in [0.15, 0.2) is 54.7 Å². The molecule has 2 N–H and O–H groups in total. The molecule has 0 atom stereocenters. The Morgan fingerprint density at radius 1 is 0.972 bits per heavy atom. The van der Waals surface area contributed by atoms with E-state index in [1.807, 2.05) is 32.2 Å². The minimum Gasteiger partial charge on any atom is -0.495 e. The van der Waals surface area contributed by atoms with Crippen LogP contribution in [0.4, 0.5) is 11.5 Å². The third-order valence-electron chi connectivity index (χ3n) is 6.74. The van der Waals surface area contributed by atoms with Crippen LogP contribution in [0.25, 0.3) is 0 Å². The summed E-state index contributed by atoms with van der Waals surface area (Å²) in [7, 11) is 3.49. The lowest BCUT2D eigenvalue weighted by Crippen LogP contribution is -2.44. The molecule has 7 heteroatoms. The van der Waals surface area contributed by atoms with E-state index in [0.29, 0.717) is 10.0 Å². The van der Waals surface area contributed by atoms with E-state index in [9.17, 15) is 0 Å². The molecule has 0 aliphatic carbocycles. The molecule has 0 radical (unpaired) electrons. The second kappa shape index (κ2) is 13.2. The number of pyridine rings is 1. The smallest absolute Gasteiger partial charge is 0.143 e. The largest absolute Gasteiger partial charge is 0.495 e. The molecule has 194 valence electrons. The van der Waals surface area contributed by atoms with Crippen molar-refractivity contribution in [2.24, 2.45) is 0 Å². The average molecular weight is 530 g/mol. The van der Waals surface area contributed by atoms with Crippen molar-refractivity contribution in [2.75, 3.05) is 37.9 Å². The van der Waals surface area contributed by atoms with Crippen molar-refractivity contribution < 1.29 is 4.74 Å². The maximum atomic E-state index is 6.13. The first kappa shape index (κ1) is 28.1. The van der Waals surface area contributed by atoms with Crippen molar-refractivity contribution in [1.29, 1.82) is 0 Å². The van der Waals surface area contributed by atoms with E-state index < -0.39 is 0 Å². The Kier molecular flexibility index (Phi) is 10.3. The summed E-state index contributed by atoms with van der Waals surface area (Å²) in [5.74, 6) is 1.61. The fraction of sp³-hybridized carbons (Fsp3) is 0.414. The second-order valence-corrected chi connectivity index (χ2v) is 10.4. The van der Waals surface area contributed by atoms with Crippen LogP contribution in [-0.2, 0) is 12.1 Å². The number of piperidine rings is 1. The molecule has 36 heavy (non-hydrogen) atoms. The van der Waals surface area contributed by atoms with Gasteiger partial charge in [-0.2, -0.15) is 0 Å². The topological polar surface area (TPSA) is 49.4 Å². The number of aromatic nitrogens is 1. The number of rotatable bonds is 7. The number of hydrogen-bond acceptors (Lipinski definition) is 5. The number of likely N-dealkylation sites (tertiary alicyclic amines) is 1. The lowest BCUT2D eigenvalue weighted by Gasteiger charge is -2.41. The third-order valence-corrected chi connectivity index (χ3v) is 7.19. The number of anilines is 2. The van der Waals surface area contributed by atoms with Gasteiger partial charge >= 0.3 is 0 Å². The third kappa shape index (κ3) is 7.52. The van der Waals surface area contributed by atoms with Crippen LogP contribution in [0.1, 0.15) is 49.8 Å². The van der Waals surface area contributed by atoms with Gasteiger partial charge < -0.3 is 15.4 Å². The Hall–Kier alpha value is -2.47. The van der Waals surface area contributed by atoms with E-state index in [2.05, 4.69) is 58.6 Å². The summed E-state index contributed by atoms with van der Waals surface area (Å²) in [5, 5.41) is 7.74. The standard InChI is InChI=1S/C23H31ClN2O.C6H7ClN2/c1-17-14-20(24)15-21(27-4)22(17)25-16-18-8-10-19(11-9-18)23(2,3)26-12-6-5-7-13-26;1-8-6-3-2-5(7)4-9-6/h8-11,14-15,25H,5-7,12-13,16H2,1-4H3;2-4H,1H3,(H,8,9). The van der Waals surface area contributed by atoms with Gasteiger partial charge in [-0.3, -0.25) is 4.90 Å². The van der Waals surface area contributed by atoms with Crippen molar-refractivity contribution in [2.45, 2.75) is 52.1 Å². The number of hydrogen-bond donors (Lipinski definition) is 2. The van der Waals surface area contributed by atoms with Gasteiger partial charge in [-0.05, 0) is 81.6 Å². The van der Waals surface area contributed by atoms with Crippen molar-refractivity contribution in [3.8, 4) is 5.75 Å². The zero-order chi connectivity index (χ0) is 26.1. The van der Waals surface area contributed by atoms with E-state index in [-0.39, 0.29) is 5.54 Å². The van der Waals surface area contributed by atoms with Gasteiger partial charge in [0.15, 0.2) is 0 Å². The SMILES string of the molecule is CNc1ccc(Cl)cn1.COc1cc(Cl)cc(C)c1NCc1ccc(C(C)(C)N2CCCCC2)cc1. The van der Waals surface area contributed by atoms with Gasteiger partial charge in [0.25, 0.3) is 0 Å². The van der Waals surface area contributed by atoms with Crippen LogP contribution in [0.3, 0.4) is 0 Å². The molecular weight excluding hydrogens is 491 g/mol. The van der Waals surface area contributed by atoms with Crippen LogP contribution < -0.4 is 15.4 Å². The second-order valence-electron chi connectivity index (χ2n) is 9.57. The molecule has 5 nitrogen and oxygen atoms in total. The molecule has 1 saturated heterocycles. The highest BCUT2D eigenvalue weighted by molar-refractivity contribution is 6.31. The van der Waals surface area contributed by atoms with Gasteiger partial charge in [-0.15, -0.1) is 0 Å². The Labute approximate surface area is 226 Å². The molecule has 4 rings (SSSR count). The monoisotopic (exact) mass is 528 g/mol. The van der Waals surface area contributed by atoms with E-state index in [1.54, 1.807) is 19.4 Å². The van der Waals surface area contributed by atoms with E-state index in [4.69, 9.17) is 27.9 Å². The van der Waals surface area contributed by atoms with E-state index in [0.717, 1.165) is 29.4 Å². The number of aryl methyl sites for hydroxylation is 1. The first-order valence-electron chi connectivity index (χ1n) is 12.5. The number of ether oxygens (including phenoxy) is 1. The van der Waals surface area contributed by atoms with Crippen molar-refractivity contribution in [3.63, 3.8) is 0 Å². The predicted molar refractivity (Wildman–Crippen MR) is 154 cm³/mol. The lowest BCUT2D eigenvalue weighted by molar-refractivity contribution is 0.0943. The fourth-order valence-corrected chi connectivity index (χ4v) is 4.85. The van der Waals surface area contributed by atoms with Gasteiger partial charge in [0.2, 0.25) is 0 Å². The van der Waals surface area contributed by atoms with Crippen molar-refractivity contribution >= 4 is 34.7 Å². The summed E-state index contributed by atoms with van der Waals surface area (Å²) in [5.41, 5.74) is 4.81. The number of halogens is 2. The molecule has 0 bridgehead atoms. The average Bonchev–Trinajstić information content (AvgIpc) is 2.89. The zero-order valence-corrected chi connectivity index (χ0v) is 23.5. The Bertz CT molecular complexity index is 1100. The molecule has 2 aromatic carbocycles. The van der Waals surface area contributed by atoms with Crippen molar-refractivity contribution in [1.82, 2.24) is 9.88 Å². The molecule has 0 saturated carbocycles. The minimum absolute atomic E-state index is 0.0857. The minimum atomic E-state index is 0.0857. The quantitative estimate of drug-likeness (QED) is 0.328. The van der Waals surface area contributed by atoms with Gasteiger partial charge in [0.1, 0.15) is 11.6 Å². The van der Waals surface area contributed by atoms with Gasteiger partial charge in [-0.25, -0.2) is 4.98 Å². The number of methoxy groups -OCH3 is 1. The molecule has 0 unspecified atom stereocenters. The molecule has 1 aliphatic heterocycles. The maximum absolute atomic E-state index is 6.13. The lowest BCUT2D eigenvalue weighted by atomic mass is 9.89. The molecule has 3 aromatic rings. The highest BCUT2D eigenvalue weighted by Gasteiger charge is 2.29. The number of benzene rings is 2. The fourth-order valence-electron chi connectivity index (χ4n) is 4.48. The van der Waals surface area contributed by atoms with Crippen LogP contribution >= 0.6 is 23.2 Å². The van der Waals surface area contributed by atoms with Crippen LogP contribution in [0.5, 0.6) is 5.75 Å². The Morgan fingerprint density at radius 3 is 2.25 bits per heavy atom. The molecule has 2 heterocycles. The molecule has 0 amide bonds. The Morgan fingerprint density at radius 2 is 1.67 bits per heavy atom. The van der Waals surface area contributed by atoms with Crippen molar-refractivity contribution in [3.05, 3.63) is 81.5 Å². The predicted octanol–water partition coefficient (Wildman–Crippen LogP) is 7.77. The number of nitrogens with zero attached hydrogens (tertiary/aromatic N) is 2. The number of nitrogens with one attached hydrogen (secondary N) is 2. The van der Waals surface area contributed by atoms with Gasteiger partial charge in [0, 0.05) is 36.4 Å². The summed E-state index contributed by atoms with van der Waals surface area (Å²) >= 11 is 11.7. The first-order chi connectivity index (χ1) is 17.2. The highest BCUT2D eigenvalue weighted by atomic mass is 35.5. The molecule has 1 aromatic heterocycles. The van der Waals surface area contributed by atoms with Gasteiger partial charge in [-0.1, -0.05) is 53.9 Å². The summed E-state index contributed by atoms with van der Waals surface area (Å²) in [6, 6.07) is 16.4. The van der Waals surface area contributed by atoms with Crippen LogP contribution in [-0.4, -0.2) is 37.1 Å². The molecule has 0 spiro atoms. The summed E-state index contributed by atoms with van der Waals surface area (Å²) < 4.78 is 5.47. The maximum Gasteiger partial charge on any atom is 0.143 e. The van der Waals surface area contributed by atoms with Crippen LogP contribution in [0.2, 0.25) is 10.0 Å². The zero-order valence-electron chi connectivity index (χ0n) is 22.0. The summed E-state index contributed by atoms with van der Waals surface area (Å²) in [6.45, 7) is 9.88. The van der Waals surface area contributed by atoms with Gasteiger partial charge in [0.05, 0.1) is 17.8 Å². The first-order valence-corrected chi connectivity index (χ1v) is 13.2. The van der Waals surface area contributed by atoms with Crippen LogP contribution in [0, 0.1) is 6.92 Å². The summed E-state index contributed by atoms with van der Waals surface area (Å²) in [6.07, 6.45) is 5.60. The molecular formula is C29H38Cl2N4O. The van der Waals surface area contributed by atoms with E-state index in [1.165, 1.54) is 43.5 Å². The molecule has 1 fully saturated rings. The Balaban J connectivity index is 0.000000338. The normalized spacial score (nSPS) is 14.0. The highest BCUT2D eigenvalue weighted by Crippen LogP contribution is 2.33. The van der Waals surface area contributed by atoms with E-state index >= 15 is 0 Å².